The highest BCUT2D eigenvalue weighted by Gasteiger charge is 2.28. The van der Waals surface area contributed by atoms with Crippen LogP contribution in [0.3, 0.4) is 0 Å². The van der Waals surface area contributed by atoms with Gasteiger partial charge in [0.25, 0.3) is 0 Å². The smallest absolute Gasteiger partial charge is 0.239 e. The van der Waals surface area contributed by atoms with Crippen LogP contribution in [-0.2, 0) is 9.53 Å². The van der Waals surface area contributed by atoms with Crippen LogP contribution in [0.15, 0.2) is 0 Å². The lowest BCUT2D eigenvalue weighted by Crippen LogP contribution is -2.44. The van der Waals surface area contributed by atoms with Gasteiger partial charge in [0.05, 0.1) is 17.5 Å². The van der Waals surface area contributed by atoms with Crippen molar-refractivity contribution in [3.63, 3.8) is 0 Å². The number of alkyl halides is 1. The predicted octanol–water partition coefficient (Wildman–Crippen LogP) is 0.627. The van der Waals surface area contributed by atoms with E-state index in [0.29, 0.717) is 19.7 Å². The lowest BCUT2D eigenvalue weighted by molar-refractivity contribution is -0.133. The molecule has 0 aromatic heterocycles. The molecule has 0 saturated carbocycles. The molecule has 0 saturated heterocycles. The SMILES string of the molecule is COCCN(CCO)C(=O)C(C)(C)Br. The summed E-state index contributed by atoms with van der Waals surface area (Å²) in [5.74, 6) is -0.0383. The Morgan fingerprint density at radius 3 is 2.43 bits per heavy atom. The summed E-state index contributed by atoms with van der Waals surface area (Å²) in [6.45, 7) is 4.87. The minimum absolute atomic E-state index is 0.0292. The van der Waals surface area contributed by atoms with Crippen molar-refractivity contribution in [2.75, 3.05) is 33.4 Å². The molecule has 1 amide bonds. The quantitative estimate of drug-likeness (QED) is 0.719. The van der Waals surface area contributed by atoms with E-state index in [4.69, 9.17) is 9.84 Å². The van der Waals surface area contributed by atoms with E-state index in [0.717, 1.165) is 0 Å². The van der Waals surface area contributed by atoms with E-state index in [-0.39, 0.29) is 12.5 Å². The van der Waals surface area contributed by atoms with Crippen molar-refractivity contribution < 1.29 is 14.6 Å². The highest BCUT2D eigenvalue weighted by atomic mass is 79.9. The zero-order valence-electron chi connectivity index (χ0n) is 8.92. The van der Waals surface area contributed by atoms with Crippen LogP contribution in [-0.4, -0.2) is 53.7 Å². The lowest BCUT2D eigenvalue weighted by atomic mass is 10.2. The van der Waals surface area contributed by atoms with Crippen LogP contribution in [0.2, 0.25) is 0 Å². The molecule has 0 atom stereocenters. The van der Waals surface area contributed by atoms with Gasteiger partial charge in [0.1, 0.15) is 0 Å². The third-order valence-electron chi connectivity index (χ3n) is 1.73. The summed E-state index contributed by atoms with van der Waals surface area (Å²) < 4.78 is 4.30. The van der Waals surface area contributed by atoms with Gasteiger partial charge < -0.3 is 14.7 Å². The van der Waals surface area contributed by atoms with Crippen LogP contribution < -0.4 is 0 Å². The highest BCUT2D eigenvalue weighted by Crippen LogP contribution is 2.18. The van der Waals surface area contributed by atoms with Gasteiger partial charge in [0.2, 0.25) is 5.91 Å². The average molecular weight is 268 g/mol. The molecule has 0 fully saturated rings. The van der Waals surface area contributed by atoms with E-state index in [1.807, 2.05) is 0 Å². The van der Waals surface area contributed by atoms with Crippen LogP contribution >= 0.6 is 15.9 Å². The molecule has 14 heavy (non-hydrogen) atoms. The summed E-state index contributed by atoms with van der Waals surface area (Å²) in [6, 6.07) is 0. The van der Waals surface area contributed by atoms with Crippen LogP contribution in [0.4, 0.5) is 0 Å². The molecule has 1 N–H and O–H groups in total. The van der Waals surface area contributed by atoms with Gasteiger partial charge in [-0.1, -0.05) is 15.9 Å². The number of hydrogen-bond acceptors (Lipinski definition) is 3. The first-order chi connectivity index (χ1) is 6.43. The van der Waals surface area contributed by atoms with E-state index < -0.39 is 4.32 Å². The van der Waals surface area contributed by atoms with Crippen LogP contribution in [0.5, 0.6) is 0 Å². The first-order valence-electron chi connectivity index (χ1n) is 4.51. The summed E-state index contributed by atoms with van der Waals surface area (Å²) in [7, 11) is 1.58. The molecule has 4 nitrogen and oxygen atoms in total. The molecule has 0 heterocycles. The van der Waals surface area contributed by atoms with Gasteiger partial charge in [-0.15, -0.1) is 0 Å². The molecule has 0 aliphatic rings. The van der Waals surface area contributed by atoms with E-state index >= 15 is 0 Å². The monoisotopic (exact) mass is 267 g/mol. The average Bonchev–Trinajstić information content (AvgIpc) is 2.09. The summed E-state index contributed by atoms with van der Waals surface area (Å²) in [5.41, 5.74) is 0. The minimum Gasteiger partial charge on any atom is -0.395 e. The van der Waals surface area contributed by atoms with Gasteiger partial charge in [0.15, 0.2) is 0 Å². The fourth-order valence-corrected chi connectivity index (χ4v) is 1.26. The normalized spacial score (nSPS) is 11.5. The van der Waals surface area contributed by atoms with Crippen molar-refractivity contribution >= 4 is 21.8 Å². The molecule has 0 unspecified atom stereocenters. The Kier molecular flexibility index (Phi) is 6.31. The molecule has 0 radical (unpaired) electrons. The Labute approximate surface area is 93.4 Å². The number of ether oxygens (including phenoxy) is 1. The Morgan fingerprint density at radius 2 is 2.07 bits per heavy atom. The summed E-state index contributed by atoms with van der Waals surface area (Å²) in [5, 5.41) is 8.80. The fourth-order valence-electron chi connectivity index (χ4n) is 1.01. The molecule has 5 heteroatoms. The first-order valence-corrected chi connectivity index (χ1v) is 5.31. The van der Waals surface area contributed by atoms with Gasteiger partial charge in [-0.05, 0) is 13.8 Å². The zero-order chi connectivity index (χ0) is 11.2. The Bertz CT molecular complexity index is 179. The molecule has 0 aliphatic carbocycles. The van der Waals surface area contributed by atoms with E-state index in [9.17, 15) is 4.79 Å². The predicted molar refractivity (Wildman–Crippen MR) is 58.5 cm³/mol. The van der Waals surface area contributed by atoms with Crippen molar-refractivity contribution in [1.29, 1.82) is 0 Å². The van der Waals surface area contributed by atoms with Gasteiger partial charge in [0, 0.05) is 20.2 Å². The van der Waals surface area contributed by atoms with Crippen molar-refractivity contribution in [2.24, 2.45) is 0 Å². The second-order valence-corrected chi connectivity index (χ2v) is 5.46. The number of aliphatic hydroxyl groups is 1. The summed E-state index contributed by atoms with van der Waals surface area (Å²) in [6.07, 6.45) is 0. The first kappa shape index (κ1) is 13.9. The zero-order valence-corrected chi connectivity index (χ0v) is 10.5. The Balaban J connectivity index is 4.25. The molecular weight excluding hydrogens is 250 g/mol. The van der Waals surface area contributed by atoms with Gasteiger partial charge in [-0.25, -0.2) is 0 Å². The molecule has 0 spiro atoms. The van der Waals surface area contributed by atoms with Gasteiger partial charge >= 0.3 is 0 Å². The molecule has 0 bridgehead atoms. The van der Waals surface area contributed by atoms with Crippen molar-refractivity contribution in [2.45, 2.75) is 18.2 Å². The second-order valence-electron chi connectivity index (χ2n) is 3.48. The van der Waals surface area contributed by atoms with E-state index in [1.54, 1.807) is 25.9 Å². The number of hydrogen-bond donors (Lipinski definition) is 1. The number of nitrogens with zero attached hydrogens (tertiary/aromatic N) is 1. The van der Waals surface area contributed by atoms with Crippen molar-refractivity contribution in [3.8, 4) is 0 Å². The summed E-state index contributed by atoms with van der Waals surface area (Å²) >= 11 is 3.29. The van der Waals surface area contributed by atoms with Crippen molar-refractivity contribution in [1.82, 2.24) is 4.90 Å². The van der Waals surface area contributed by atoms with Gasteiger partial charge in [-0.3, -0.25) is 4.79 Å². The molecule has 0 aromatic rings. The number of amides is 1. The van der Waals surface area contributed by atoms with Crippen LogP contribution in [0.25, 0.3) is 0 Å². The highest BCUT2D eigenvalue weighted by molar-refractivity contribution is 9.10. The standard InChI is InChI=1S/C9H18BrNO3/c1-9(2,10)8(13)11(4-6-12)5-7-14-3/h12H,4-7H2,1-3H3. The summed E-state index contributed by atoms with van der Waals surface area (Å²) in [4.78, 5) is 13.4. The molecule has 0 rings (SSSR count). The lowest BCUT2D eigenvalue weighted by Gasteiger charge is -2.27. The Morgan fingerprint density at radius 1 is 1.50 bits per heavy atom. The number of carbonyl (C=O) groups is 1. The largest absolute Gasteiger partial charge is 0.395 e. The number of aliphatic hydroxyl groups excluding tert-OH is 1. The maximum atomic E-state index is 11.8. The molecular formula is C9H18BrNO3. The minimum atomic E-state index is -0.587. The molecule has 0 aromatic carbocycles. The third-order valence-corrected chi connectivity index (χ3v) is 2.07. The Hall–Kier alpha value is -0.130. The topological polar surface area (TPSA) is 49.8 Å². The number of halogens is 1. The van der Waals surface area contributed by atoms with E-state index in [1.165, 1.54) is 0 Å². The third kappa shape index (κ3) is 4.93. The molecule has 84 valence electrons. The maximum absolute atomic E-state index is 11.8. The second kappa shape index (κ2) is 6.37. The van der Waals surface area contributed by atoms with Gasteiger partial charge in [-0.2, -0.15) is 0 Å². The molecule has 0 aliphatic heterocycles. The number of methoxy groups -OCH3 is 1. The number of rotatable bonds is 6. The number of carbonyl (C=O) groups excluding carboxylic acids is 1. The van der Waals surface area contributed by atoms with E-state index in [2.05, 4.69) is 15.9 Å². The van der Waals surface area contributed by atoms with Crippen LogP contribution in [0.1, 0.15) is 13.8 Å². The van der Waals surface area contributed by atoms with Crippen LogP contribution in [0, 0.1) is 0 Å². The van der Waals surface area contributed by atoms with Crippen molar-refractivity contribution in [3.05, 3.63) is 0 Å². The maximum Gasteiger partial charge on any atom is 0.239 e. The fraction of sp³-hybridized carbons (Fsp3) is 0.889.